The van der Waals surface area contributed by atoms with E-state index in [-0.39, 0.29) is 5.91 Å². The number of piperidine rings is 1. The van der Waals surface area contributed by atoms with E-state index in [0.29, 0.717) is 6.54 Å². The number of amides is 1. The first-order valence-electron chi connectivity index (χ1n) is 6.41. The van der Waals surface area contributed by atoms with E-state index in [9.17, 15) is 9.59 Å². The molecule has 104 valence electrons. The molecule has 18 heavy (non-hydrogen) atoms. The van der Waals surface area contributed by atoms with Gasteiger partial charge in [0, 0.05) is 6.54 Å². The van der Waals surface area contributed by atoms with Crippen LogP contribution in [0.1, 0.15) is 32.6 Å². The molecule has 0 saturated carbocycles. The molecule has 0 bridgehead atoms. The van der Waals surface area contributed by atoms with Gasteiger partial charge in [-0.3, -0.25) is 4.79 Å². The van der Waals surface area contributed by atoms with Crippen LogP contribution in [-0.4, -0.2) is 47.8 Å². The zero-order valence-corrected chi connectivity index (χ0v) is 10.7. The van der Waals surface area contributed by atoms with Gasteiger partial charge in [-0.15, -0.1) is 0 Å². The van der Waals surface area contributed by atoms with Crippen molar-refractivity contribution in [3.8, 4) is 0 Å². The number of carbonyl (C=O) groups is 2. The van der Waals surface area contributed by atoms with Gasteiger partial charge in [0.2, 0.25) is 5.91 Å². The molecule has 0 radical (unpaired) electrons. The van der Waals surface area contributed by atoms with Crippen LogP contribution in [0, 0.1) is 5.41 Å². The van der Waals surface area contributed by atoms with Crippen molar-refractivity contribution in [3.63, 3.8) is 0 Å². The molecule has 0 aromatic heterocycles. The van der Waals surface area contributed by atoms with Crippen LogP contribution < -0.4 is 10.6 Å². The molecule has 1 saturated heterocycles. The fourth-order valence-electron chi connectivity index (χ4n) is 2.46. The fraction of sp³-hybridized carbons (Fsp3) is 0.833. The SMILES string of the molecule is CCCC1(C(=O)N[C@H](CO)C(=O)O)CCCNC1. The predicted octanol–water partition coefficient (Wildman–Crippen LogP) is -0.282. The lowest BCUT2D eigenvalue weighted by atomic mass is 9.76. The monoisotopic (exact) mass is 258 g/mol. The maximum Gasteiger partial charge on any atom is 0.328 e. The van der Waals surface area contributed by atoms with Crippen LogP contribution in [0.3, 0.4) is 0 Å². The number of rotatable bonds is 6. The van der Waals surface area contributed by atoms with Crippen molar-refractivity contribution in [1.82, 2.24) is 10.6 Å². The van der Waals surface area contributed by atoms with Gasteiger partial charge in [-0.05, 0) is 25.8 Å². The highest BCUT2D eigenvalue weighted by atomic mass is 16.4. The van der Waals surface area contributed by atoms with Gasteiger partial charge in [-0.25, -0.2) is 4.79 Å². The second-order valence-electron chi connectivity index (χ2n) is 4.86. The molecule has 4 N–H and O–H groups in total. The third-order valence-electron chi connectivity index (χ3n) is 3.47. The molecule has 1 fully saturated rings. The summed E-state index contributed by atoms with van der Waals surface area (Å²) in [6, 6.07) is -1.21. The van der Waals surface area contributed by atoms with Gasteiger partial charge in [-0.1, -0.05) is 13.3 Å². The Hall–Kier alpha value is -1.14. The predicted molar refractivity (Wildman–Crippen MR) is 66.1 cm³/mol. The smallest absolute Gasteiger partial charge is 0.328 e. The highest BCUT2D eigenvalue weighted by molar-refractivity contribution is 5.87. The van der Waals surface area contributed by atoms with E-state index in [2.05, 4.69) is 10.6 Å². The number of nitrogens with one attached hydrogen (secondary N) is 2. The second-order valence-corrected chi connectivity index (χ2v) is 4.86. The van der Waals surface area contributed by atoms with Crippen molar-refractivity contribution in [2.24, 2.45) is 5.41 Å². The molecule has 1 heterocycles. The molecule has 1 aliphatic heterocycles. The summed E-state index contributed by atoms with van der Waals surface area (Å²) in [6.07, 6.45) is 3.26. The number of aliphatic hydroxyl groups is 1. The van der Waals surface area contributed by atoms with Gasteiger partial charge in [0.15, 0.2) is 0 Å². The number of carbonyl (C=O) groups excluding carboxylic acids is 1. The molecule has 6 heteroatoms. The first-order chi connectivity index (χ1) is 8.55. The standard InChI is InChI=1S/C12H22N2O4/c1-2-4-12(5-3-6-13-8-12)11(18)14-9(7-15)10(16)17/h9,13,15H,2-8H2,1H3,(H,14,18)(H,16,17)/t9-,12?/m1/s1. The van der Waals surface area contributed by atoms with Crippen molar-refractivity contribution < 1.29 is 19.8 Å². The number of aliphatic carboxylic acids is 1. The summed E-state index contributed by atoms with van der Waals surface area (Å²) in [5.41, 5.74) is -0.532. The average Bonchev–Trinajstić information content (AvgIpc) is 2.36. The van der Waals surface area contributed by atoms with Gasteiger partial charge in [0.05, 0.1) is 12.0 Å². The molecular formula is C12H22N2O4. The van der Waals surface area contributed by atoms with Crippen LogP contribution in [0.15, 0.2) is 0 Å². The van der Waals surface area contributed by atoms with Crippen molar-refractivity contribution in [1.29, 1.82) is 0 Å². The Labute approximate surface area is 107 Å². The summed E-state index contributed by atoms with van der Waals surface area (Å²) in [7, 11) is 0. The zero-order chi connectivity index (χ0) is 13.6. The lowest BCUT2D eigenvalue weighted by molar-refractivity contribution is -0.145. The van der Waals surface area contributed by atoms with Crippen molar-refractivity contribution >= 4 is 11.9 Å². The van der Waals surface area contributed by atoms with Crippen LogP contribution >= 0.6 is 0 Å². The van der Waals surface area contributed by atoms with E-state index in [1.807, 2.05) is 6.92 Å². The number of carboxylic acid groups (broad SMARTS) is 1. The third kappa shape index (κ3) is 3.43. The Kier molecular flexibility index (Phi) is 5.55. The van der Waals surface area contributed by atoms with Crippen LogP contribution in [0.4, 0.5) is 0 Å². The van der Waals surface area contributed by atoms with Gasteiger partial charge < -0.3 is 20.8 Å². The van der Waals surface area contributed by atoms with Crippen LogP contribution in [-0.2, 0) is 9.59 Å². The molecule has 0 aromatic carbocycles. The molecule has 1 aliphatic rings. The zero-order valence-electron chi connectivity index (χ0n) is 10.7. The Bertz CT molecular complexity index is 295. The molecule has 0 aliphatic carbocycles. The molecule has 1 rings (SSSR count). The Morgan fingerprint density at radius 3 is 2.67 bits per heavy atom. The summed E-state index contributed by atoms with van der Waals surface area (Å²) < 4.78 is 0. The Balaban J connectivity index is 2.73. The van der Waals surface area contributed by atoms with E-state index in [1.165, 1.54) is 0 Å². The Morgan fingerprint density at radius 2 is 2.22 bits per heavy atom. The van der Waals surface area contributed by atoms with Crippen molar-refractivity contribution in [3.05, 3.63) is 0 Å². The second kappa shape index (κ2) is 6.70. The van der Waals surface area contributed by atoms with Gasteiger partial charge in [-0.2, -0.15) is 0 Å². The minimum absolute atomic E-state index is 0.266. The topological polar surface area (TPSA) is 98.7 Å². The number of hydrogen-bond donors (Lipinski definition) is 4. The minimum Gasteiger partial charge on any atom is -0.480 e. The van der Waals surface area contributed by atoms with E-state index >= 15 is 0 Å². The van der Waals surface area contributed by atoms with E-state index in [1.54, 1.807) is 0 Å². The van der Waals surface area contributed by atoms with Crippen LogP contribution in [0.2, 0.25) is 0 Å². The maximum atomic E-state index is 12.3. The Morgan fingerprint density at radius 1 is 1.50 bits per heavy atom. The van der Waals surface area contributed by atoms with Crippen molar-refractivity contribution in [2.75, 3.05) is 19.7 Å². The van der Waals surface area contributed by atoms with Gasteiger partial charge in [0.1, 0.15) is 6.04 Å². The van der Waals surface area contributed by atoms with Crippen LogP contribution in [0.25, 0.3) is 0 Å². The summed E-state index contributed by atoms with van der Waals surface area (Å²) in [5.74, 6) is -1.47. The molecule has 6 nitrogen and oxygen atoms in total. The lowest BCUT2D eigenvalue weighted by Gasteiger charge is -2.36. The number of carboxylic acids is 1. The molecule has 1 amide bonds. The molecule has 2 atom stereocenters. The highest BCUT2D eigenvalue weighted by Gasteiger charge is 2.40. The molecule has 0 spiro atoms. The van der Waals surface area contributed by atoms with Crippen LogP contribution in [0.5, 0.6) is 0 Å². The van der Waals surface area contributed by atoms with E-state index < -0.39 is 24.0 Å². The molecular weight excluding hydrogens is 236 g/mol. The fourth-order valence-corrected chi connectivity index (χ4v) is 2.46. The first kappa shape index (κ1) is 14.9. The quantitative estimate of drug-likeness (QED) is 0.525. The lowest BCUT2D eigenvalue weighted by Crippen LogP contribution is -2.55. The van der Waals surface area contributed by atoms with E-state index in [0.717, 1.165) is 32.2 Å². The first-order valence-corrected chi connectivity index (χ1v) is 6.41. The normalized spacial score (nSPS) is 25.4. The summed E-state index contributed by atoms with van der Waals surface area (Å²) in [6.45, 7) is 2.88. The van der Waals surface area contributed by atoms with Crippen molar-refractivity contribution in [2.45, 2.75) is 38.6 Å². The summed E-state index contributed by atoms with van der Waals surface area (Å²) >= 11 is 0. The third-order valence-corrected chi connectivity index (χ3v) is 3.47. The van der Waals surface area contributed by atoms with Gasteiger partial charge >= 0.3 is 5.97 Å². The number of hydrogen-bond acceptors (Lipinski definition) is 4. The van der Waals surface area contributed by atoms with Gasteiger partial charge in [0.25, 0.3) is 0 Å². The minimum atomic E-state index is -1.21. The highest BCUT2D eigenvalue weighted by Crippen LogP contribution is 2.31. The summed E-state index contributed by atoms with van der Waals surface area (Å²) in [4.78, 5) is 23.1. The molecule has 0 aromatic rings. The number of aliphatic hydroxyl groups excluding tert-OH is 1. The summed E-state index contributed by atoms with van der Waals surface area (Å²) in [5, 5.41) is 23.4. The average molecular weight is 258 g/mol. The largest absolute Gasteiger partial charge is 0.480 e. The molecule has 1 unspecified atom stereocenters. The van der Waals surface area contributed by atoms with E-state index in [4.69, 9.17) is 10.2 Å². The maximum absolute atomic E-state index is 12.3.